The van der Waals surface area contributed by atoms with Crippen molar-refractivity contribution in [3.63, 3.8) is 0 Å². The van der Waals surface area contributed by atoms with Crippen LogP contribution in [0.3, 0.4) is 0 Å². The van der Waals surface area contributed by atoms with E-state index in [0.717, 1.165) is 46.3 Å². The Morgan fingerprint density at radius 2 is 1.09 bits per heavy atom. The third-order valence-corrected chi connectivity index (χ3v) is 16.2. The number of benzene rings is 2. The number of allylic oxidation sites excluding steroid dienone is 7. The van der Waals surface area contributed by atoms with Crippen LogP contribution in [0.25, 0.3) is 0 Å². The average Bonchev–Trinajstić information content (AvgIpc) is 3.66. The highest BCUT2D eigenvalue weighted by Crippen LogP contribution is 2.51. The average molecular weight is 1050 g/mol. The molecule has 2 aliphatic heterocycles. The molecule has 0 atom stereocenters. The lowest BCUT2D eigenvalue weighted by Crippen LogP contribution is -2.32. The van der Waals surface area contributed by atoms with Gasteiger partial charge in [0, 0.05) is 73.1 Å². The van der Waals surface area contributed by atoms with E-state index in [2.05, 4.69) is 131 Å². The molecule has 370 valence electrons. The summed E-state index contributed by atoms with van der Waals surface area (Å²) >= 11 is 7.49. The van der Waals surface area contributed by atoms with Crippen molar-refractivity contribution in [3.8, 4) is 6.07 Å². The summed E-state index contributed by atoms with van der Waals surface area (Å²) in [6.07, 6.45) is 41.0. The Hall–Kier alpha value is -3.30. The zero-order valence-corrected chi connectivity index (χ0v) is 46.5. The zero-order chi connectivity index (χ0) is 48.9. The first-order valence-electron chi connectivity index (χ1n) is 27.4. The van der Waals surface area contributed by atoms with Gasteiger partial charge in [-0.15, -0.1) is 0 Å². The first-order valence-corrected chi connectivity index (χ1v) is 29.0. The third-order valence-electron chi connectivity index (χ3n) is 15.3. The maximum absolute atomic E-state index is 14.7. The van der Waals surface area contributed by atoms with Crippen molar-refractivity contribution >= 4 is 60.6 Å². The molecule has 0 bridgehead atoms. The quantitative estimate of drug-likeness (QED) is 0.0255. The summed E-state index contributed by atoms with van der Waals surface area (Å²) in [5.74, 6) is 2.36. The molecule has 0 saturated carbocycles. The number of anilines is 1. The molecule has 68 heavy (non-hydrogen) atoms. The highest BCUT2D eigenvalue weighted by atomic mass is 79.9. The van der Waals surface area contributed by atoms with Crippen molar-refractivity contribution in [2.45, 2.75) is 232 Å². The van der Waals surface area contributed by atoms with Gasteiger partial charge in [-0.05, 0) is 74.5 Å². The minimum atomic E-state index is -0.379. The lowest BCUT2D eigenvalue weighted by atomic mass is 9.73. The van der Waals surface area contributed by atoms with Gasteiger partial charge in [0.1, 0.15) is 18.2 Å². The second-order valence-electron chi connectivity index (χ2n) is 21.3. The van der Waals surface area contributed by atoms with Crippen LogP contribution in [0.5, 0.6) is 0 Å². The van der Waals surface area contributed by atoms with Crippen molar-refractivity contribution in [3.05, 3.63) is 96.6 Å². The maximum Gasteiger partial charge on any atom is 0.209 e. The Morgan fingerprint density at radius 1 is 0.632 bits per heavy atom. The standard InChI is InChI=1S/C61H87Br2N4O/c1-7-9-11-13-15-17-19-21-23-25-27-29-31-33-39-66-54-37-35-48(62)41-52(54)60(3,4)56(66)43-50-58(47(45-64)46-65)51(59(50)68)44-57-61(5,6)53-42-49(63)36-38-55(53)67(57)40-34-32-30-28-26-24-22-20-18-16-14-12-10-8-2/h35-38,41-44,64H,7-34,39-40H2,1-6H3/q+1. The highest BCUT2D eigenvalue weighted by Gasteiger charge is 2.48. The van der Waals surface area contributed by atoms with Gasteiger partial charge in [0.2, 0.25) is 5.69 Å². The van der Waals surface area contributed by atoms with Crippen LogP contribution in [0.1, 0.15) is 232 Å². The molecular weight excluding hydrogens is 965 g/mol. The first kappa shape index (κ1) is 55.6. The molecule has 0 saturated heterocycles. The van der Waals surface area contributed by atoms with Crippen LogP contribution in [-0.4, -0.2) is 35.0 Å². The number of nitrogens with one attached hydrogen (secondary N) is 1. The van der Waals surface area contributed by atoms with Gasteiger partial charge in [-0.2, -0.15) is 9.84 Å². The van der Waals surface area contributed by atoms with Crippen LogP contribution in [0, 0.1) is 16.7 Å². The number of unbranched alkanes of at least 4 members (excludes halogenated alkanes) is 26. The van der Waals surface area contributed by atoms with E-state index in [4.69, 9.17) is 5.41 Å². The van der Waals surface area contributed by atoms with E-state index in [0.29, 0.717) is 16.7 Å². The Morgan fingerprint density at radius 3 is 1.57 bits per heavy atom. The molecule has 5 rings (SSSR count). The molecular formula is C61H87Br2N4O+. The fourth-order valence-corrected chi connectivity index (χ4v) is 11.8. The van der Waals surface area contributed by atoms with E-state index in [9.17, 15) is 10.1 Å². The fourth-order valence-electron chi connectivity index (χ4n) is 11.0. The predicted octanol–water partition coefficient (Wildman–Crippen LogP) is 18.7. The van der Waals surface area contributed by atoms with Gasteiger partial charge in [0.05, 0.1) is 5.41 Å². The fraction of sp³-hybridized carbons (Fsp3) is 0.623. The minimum absolute atomic E-state index is 0.0724. The summed E-state index contributed by atoms with van der Waals surface area (Å²) < 4.78 is 4.49. The van der Waals surface area contributed by atoms with Crippen molar-refractivity contribution in [1.82, 2.24) is 0 Å². The van der Waals surface area contributed by atoms with Gasteiger partial charge in [0.15, 0.2) is 11.5 Å². The predicted molar refractivity (Wildman–Crippen MR) is 297 cm³/mol. The summed E-state index contributed by atoms with van der Waals surface area (Å²) in [5, 5.41) is 18.7. The molecule has 0 fully saturated rings. The largest absolute Gasteiger partial charge is 0.344 e. The normalized spacial score (nSPS) is 17.0. The molecule has 1 N–H and O–H groups in total. The van der Waals surface area contributed by atoms with Crippen molar-refractivity contribution in [1.29, 1.82) is 10.7 Å². The van der Waals surface area contributed by atoms with E-state index >= 15 is 0 Å². The Labute approximate surface area is 430 Å². The molecule has 5 nitrogen and oxygen atoms in total. The molecule has 2 heterocycles. The summed E-state index contributed by atoms with van der Waals surface area (Å²) in [6, 6.07) is 15.3. The number of nitriles is 1. The lowest BCUT2D eigenvalue weighted by Gasteiger charge is -2.30. The zero-order valence-electron chi connectivity index (χ0n) is 43.3. The number of carbonyl (C=O) groups is 1. The van der Waals surface area contributed by atoms with Gasteiger partial charge in [-0.3, -0.25) is 10.2 Å². The maximum atomic E-state index is 14.7. The van der Waals surface area contributed by atoms with Crippen molar-refractivity contribution in [2.24, 2.45) is 0 Å². The minimum Gasteiger partial charge on any atom is -0.344 e. The number of carbonyl (C=O) groups excluding carboxylic acids is 1. The van der Waals surface area contributed by atoms with E-state index in [1.165, 1.54) is 189 Å². The highest BCUT2D eigenvalue weighted by molar-refractivity contribution is 9.10. The van der Waals surface area contributed by atoms with E-state index in [-0.39, 0.29) is 22.2 Å². The lowest BCUT2D eigenvalue weighted by molar-refractivity contribution is -0.438. The number of ketones is 1. The monoisotopic (exact) mass is 1050 g/mol. The molecule has 1 aliphatic carbocycles. The van der Waals surface area contributed by atoms with Crippen molar-refractivity contribution in [2.75, 3.05) is 18.0 Å². The number of hydrogen-bond donors (Lipinski definition) is 1. The van der Waals surface area contributed by atoms with Gasteiger partial charge >= 0.3 is 0 Å². The van der Waals surface area contributed by atoms with Crippen molar-refractivity contribution < 1.29 is 9.37 Å². The first-order chi connectivity index (χ1) is 32.9. The van der Waals surface area contributed by atoms with E-state index in [1.807, 2.05) is 12.2 Å². The number of Topliss-reactive ketones (excluding diaryl/α,β-unsaturated/α-hetero) is 1. The molecule has 0 unspecified atom stereocenters. The van der Waals surface area contributed by atoms with Gasteiger partial charge in [-0.25, -0.2) is 0 Å². The Kier molecular flexibility index (Phi) is 23.3. The molecule has 7 heteroatoms. The van der Waals surface area contributed by atoms with Crippen LogP contribution in [0.15, 0.2) is 85.5 Å². The van der Waals surface area contributed by atoms with Crippen LogP contribution < -0.4 is 4.90 Å². The Balaban J connectivity index is 1.31. The molecule has 0 amide bonds. The summed E-state index contributed by atoms with van der Waals surface area (Å²) in [5.41, 5.74) is 7.83. The van der Waals surface area contributed by atoms with Crippen LogP contribution >= 0.6 is 31.9 Å². The number of hydrogen-bond acceptors (Lipinski definition) is 4. The number of halogens is 2. The smallest absolute Gasteiger partial charge is 0.209 e. The van der Waals surface area contributed by atoms with Crippen LogP contribution in [0.4, 0.5) is 11.4 Å². The molecule has 0 radical (unpaired) electrons. The molecule has 3 aliphatic rings. The van der Waals surface area contributed by atoms with Gasteiger partial charge in [0.25, 0.3) is 0 Å². The Bertz CT molecular complexity index is 2210. The second kappa shape index (κ2) is 28.5. The van der Waals surface area contributed by atoms with Crippen LogP contribution in [-0.2, 0) is 15.6 Å². The van der Waals surface area contributed by atoms with Gasteiger partial charge in [-0.1, -0.05) is 220 Å². The molecule has 0 aromatic heterocycles. The topological polar surface area (TPSA) is 71.0 Å². The summed E-state index contributed by atoms with van der Waals surface area (Å²) in [4.78, 5) is 17.1. The molecule has 2 aromatic rings. The second-order valence-corrected chi connectivity index (χ2v) is 23.1. The number of fused-ring (bicyclic) bond motifs is 2. The number of nitrogens with zero attached hydrogens (tertiary/aromatic N) is 3. The SMILES string of the molecule is CCCCCCCCCCCCCCCCN1/C(=C/C2=C(C(=C=N)C#N)C(=C/C3=[N+](CCCCCCCCCCCCCCCC)c4ccc(Br)cc4C3(C)C)/C2=O)C(C)(C)c2cc(Br)ccc21. The summed E-state index contributed by atoms with van der Waals surface area (Å²) in [7, 11) is 0. The molecule has 0 spiro atoms. The number of rotatable bonds is 33. The summed E-state index contributed by atoms with van der Waals surface area (Å²) in [6.45, 7) is 15.3. The molecule has 2 aromatic carbocycles. The van der Waals surface area contributed by atoms with Gasteiger partial charge < -0.3 is 4.90 Å². The van der Waals surface area contributed by atoms with Crippen LogP contribution in [0.2, 0.25) is 0 Å². The van der Waals surface area contributed by atoms with E-state index in [1.54, 1.807) is 0 Å². The third kappa shape index (κ3) is 14.9. The van der Waals surface area contributed by atoms with E-state index < -0.39 is 0 Å².